The number of anilines is 2. The Morgan fingerprint density at radius 2 is 2.12 bits per heavy atom. The van der Waals surface area contributed by atoms with Crippen LogP contribution in [0.1, 0.15) is 32.4 Å². The quantitative estimate of drug-likeness (QED) is 0.805. The van der Waals surface area contributed by atoms with Crippen molar-refractivity contribution in [2.75, 3.05) is 23.7 Å². The second-order valence-electron chi connectivity index (χ2n) is 3.92. The van der Waals surface area contributed by atoms with Gasteiger partial charge in [-0.1, -0.05) is 24.9 Å². The number of aromatic nitrogens is 1. The Balaban J connectivity index is 2.99. The minimum absolute atomic E-state index is 0.407. The predicted molar refractivity (Wildman–Crippen MR) is 71.2 cm³/mol. The highest BCUT2D eigenvalue weighted by molar-refractivity contribution is 6.32. The van der Waals surface area contributed by atoms with Gasteiger partial charge in [0.05, 0.1) is 11.4 Å². The van der Waals surface area contributed by atoms with Crippen LogP contribution in [0.5, 0.6) is 0 Å². The fourth-order valence-electron chi connectivity index (χ4n) is 1.69. The fraction of sp³-hybridized carbons (Fsp3) is 0.583. The van der Waals surface area contributed by atoms with Crippen LogP contribution in [-0.2, 0) is 0 Å². The van der Waals surface area contributed by atoms with E-state index in [1.54, 1.807) is 0 Å². The monoisotopic (exact) mass is 241 g/mol. The Hall–Kier alpha value is -0.960. The molecule has 0 aliphatic carbocycles. The van der Waals surface area contributed by atoms with Gasteiger partial charge in [-0.25, -0.2) is 4.98 Å². The number of rotatable bonds is 5. The summed E-state index contributed by atoms with van der Waals surface area (Å²) in [6.45, 7) is 8.18. The van der Waals surface area contributed by atoms with Crippen molar-refractivity contribution < 1.29 is 0 Å². The van der Waals surface area contributed by atoms with Crippen molar-refractivity contribution >= 4 is 23.0 Å². The van der Waals surface area contributed by atoms with Crippen LogP contribution in [0, 0.1) is 6.92 Å². The average Bonchev–Trinajstić information content (AvgIpc) is 2.25. The number of unbranched alkanes of at least 4 members (excludes halogenated alkanes) is 1. The van der Waals surface area contributed by atoms with Crippen LogP contribution in [0.25, 0.3) is 0 Å². The third-order valence-electron chi connectivity index (χ3n) is 2.62. The Kier molecular flexibility index (Phi) is 4.87. The third kappa shape index (κ3) is 3.01. The van der Waals surface area contributed by atoms with E-state index in [4.69, 9.17) is 17.3 Å². The summed E-state index contributed by atoms with van der Waals surface area (Å²) < 4.78 is 0. The fourth-order valence-corrected chi connectivity index (χ4v) is 1.92. The number of halogens is 1. The van der Waals surface area contributed by atoms with Gasteiger partial charge in [0.25, 0.3) is 0 Å². The lowest BCUT2D eigenvalue weighted by atomic mass is 10.2. The van der Waals surface area contributed by atoms with Crippen LogP contribution in [-0.4, -0.2) is 18.1 Å². The van der Waals surface area contributed by atoms with Crippen molar-refractivity contribution in [3.8, 4) is 0 Å². The summed E-state index contributed by atoms with van der Waals surface area (Å²) in [6, 6.07) is 2.00. The smallest absolute Gasteiger partial charge is 0.154 e. The number of hydrogen-bond donors (Lipinski definition) is 1. The molecular formula is C12H20ClN3. The largest absolute Gasteiger partial charge is 0.395 e. The number of nitrogens with two attached hydrogens (primary N) is 1. The van der Waals surface area contributed by atoms with Gasteiger partial charge < -0.3 is 10.6 Å². The molecule has 0 amide bonds. The van der Waals surface area contributed by atoms with E-state index >= 15 is 0 Å². The molecule has 0 spiro atoms. The molecule has 16 heavy (non-hydrogen) atoms. The first-order valence-corrected chi connectivity index (χ1v) is 6.15. The summed E-state index contributed by atoms with van der Waals surface area (Å²) in [6.07, 6.45) is 2.33. The van der Waals surface area contributed by atoms with E-state index in [-0.39, 0.29) is 0 Å². The topological polar surface area (TPSA) is 42.2 Å². The highest BCUT2D eigenvalue weighted by Crippen LogP contribution is 2.29. The molecule has 1 heterocycles. The second kappa shape index (κ2) is 5.94. The molecular weight excluding hydrogens is 222 g/mol. The van der Waals surface area contributed by atoms with Crippen LogP contribution < -0.4 is 10.6 Å². The lowest BCUT2D eigenvalue weighted by molar-refractivity contribution is 0.732. The standard InChI is InChI=1S/C12H20ClN3/c1-4-6-7-16(5-2)10-8-9(3)15-12(13)11(10)14/h8H,4-7,14H2,1-3H3. The molecule has 2 N–H and O–H groups in total. The maximum atomic E-state index is 5.99. The van der Waals surface area contributed by atoms with E-state index in [0.29, 0.717) is 10.8 Å². The van der Waals surface area contributed by atoms with Gasteiger partial charge in [-0.2, -0.15) is 0 Å². The first-order valence-electron chi connectivity index (χ1n) is 5.77. The van der Waals surface area contributed by atoms with Crippen molar-refractivity contribution in [1.29, 1.82) is 0 Å². The molecule has 3 nitrogen and oxygen atoms in total. The minimum Gasteiger partial charge on any atom is -0.395 e. The van der Waals surface area contributed by atoms with Gasteiger partial charge in [0, 0.05) is 18.8 Å². The van der Waals surface area contributed by atoms with Gasteiger partial charge in [0.15, 0.2) is 5.15 Å². The van der Waals surface area contributed by atoms with Gasteiger partial charge in [-0.3, -0.25) is 0 Å². The van der Waals surface area contributed by atoms with Crippen molar-refractivity contribution in [1.82, 2.24) is 4.98 Å². The van der Waals surface area contributed by atoms with Crippen molar-refractivity contribution in [3.63, 3.8) is 0 Å². The molecule has 0 aliphatic rings. The lowest BCUT2D eigenvalue weighted by Gasteiger charge is -2.25. The van der Waals surface area contributed by atoms with Crippen molar-refractivity contribution in [2.45, 2.75) is 33.6 Å². The first kappa shape index (κ1) is 13.1. The van der Waals surface area contributed by atoms with Gasteiger partial charge in [0.2, 0.25) is 0 Å². The van der Waals surface area contributed by atoms with Crippen LogP contribution in [0.2, 0.25) is 5.15 Å². The molecule has 0 radical (unpaired) electrons. The van der Waals surface area contributed by atoms with E-state index in [1.165, 1.54) is 6.42 Å². The SMILES string of the molecule is CCCCN(CC)c1cc(C)nc(Cl)c1N. The summed E-state index contributed by atoms with van der Waals surface area (Å²) in [7, 11) is 0. The van der Waals surface area contributed by atoms with Crippen LogP contribution in [0.3, 0.4) is 0 Å². The number of nitrogens with zero attached hydrogens (tertiary/aromatic N) is 2. The summed E-state index contributed by atoms with van der Waals surface area (Å²) in [5, 5.41) is 0.407. The van der Waals surface area contributed by atoms with E-state index in [1.807, 2.05) is 13.0 Å². The zero-order valence-corrected chi connectivity index (χ0v) is 11.0. The maximum absolute atomic E-state index is 5.99. The summed E-state index contributed by atoms with van der Waals surface area (Å²) >= 11 is 5.99. The van der Waals surface area contributed by atoms with E-state index in [0.717, 1.165) is 30.9 Å². The van der Waals surface area contributed by atoms with Crippen molar-refractivity contribution in [3.05, 3.63) is 16.9 Å². The van der Waals surface area contributed by atoms with Crippen molar-refractivity contribution in [2.24, 2.45) is 0 Å². The number of nitrogen functional groups attached to an aromatic ring is 1. The Morgan fingerprint density at radius 3 is 2.69 bits per heavy atom. The Bertz CT molecular complexity index is 352. The number of aryl methyl sites for hydroxylation is 1. The highest BCUT2D eigenvalue weighted by Gasteiger charge is 2.11. The summed E-state index contributed by atoms with van der Waals surface area (Å²) in [5.41, 5.74) is 8.47. The molecule has 0 aliphatic heterocycles. The lowest BCUT2D eigenvalue weighted by Crippen LogP contribution is -2.25. The molecule has 0 aromatic carbocycles. The van der Waals surface area contributed by atoms with Gasteiger partial charge in [-0.15, -0.1) is 0 Å². The van der Waals surface area contributed by atoms with Gasteiger partial charge in [-0.05, 0) is 26.3 Å². The molecule has 0 saturated carbocycles. The molecule has 0 fully saturated rings. The molecule has 0 saturated heterocycles. The molecule has 0 atom stereocenters. The Morgan fingerprint density at radius 1 is 1.44 bits per heavy atom. The summed E-state index contributed by atoms with van der Waals surface area (Å²) in [4.78, 5) is 6.39. The average molecular weight is 242 g/mol. The molecule has 0 unspecified atom stereocenters. The minimum atomic E-state index is 0.407. The van der Waals surface area contributed by atoms with Gasteiger partial charge in [0.1, 0.15) is 0 Å². The molecule has 1 aromatic heterocycles. The molecule has 4 heteroatoms. The van der Waals surface area contributed by atoms with Crippen LogP contribution in [0.15, 0.2) is 6.07 Å². The molecule has 1 aromatic rings. The van der Waals surface area contributed by atoms with Crippen LogP contribution >= 0.6 is 11.6 Å². The Labute approximate surface area is 103 Å². The predicted octanol–water partition coefficient (Wildman–Crippen LogP) is 3.25. The third-order valence-corrected chi connectivity index (χ3v) is 2.91. The zero-order valence-electron chi connectivity index (χ0n) is 10.3. The second-order valence-corrected chi connectivity index (χ2v) is 4.28. The van der Waals surface area contributed by atoms with Gasteiger partial charge >= 0.3 is 0 Å². The molecule has 0 bridgehead atoms. The van der Waals surface area contributed by atoms with E-state index in [2.05, 4.69) is 23.7 Å². The normalized spacial score (nSPS) is 10.5. The van der Waals surface area contributed by atoms with E-state index in [9.17, 15) is 0 Å². The number of pyridine rings is 1. The van der Waals surface area contributed by atoms with Crippen LogP contribution in [0.4, 0.5) is 11.4 Å². The highest BCUT2D eigenvalue weighted by atomic mass is 35.5. The summed E-state index contributed by atoms with van der Waals surface area (Å²) in [5.74, 6) is 0. The molecule has 90 valence electrons. The number of hydrogen-bond acceptors (Lipinski definition) is 3. The maximum Gasteiger partial charge on any atom is 0.154 e. The molecule has 1 rings (SSSR count). The zero-order chi connectivity index (χ0) is 12.1. The first-order chi connectivity index (χ1) is 7.60. The van der Waals surface area contributed by atoms with E-state index < -0.39 is 0 Å².